The molecule has 0 spiro atoms. The van der Waals surface area contributed by atoms with Crippen LogP contribution in [0.2, 0.25) is 5.02 Å². The van der Waals surface area contributed by atoms with Gasteiger partial charge in [0.05, 0.1) is 27.8 Å². The highest BCUT2D eigenvalue weighted by atomic mass is 35.5. The van der Waals surface area contributed by atoms with Gasteiger partial charge in [-0.1, -0.05) is 11.6 Å². The number of hydrogen-bond donors (Lipinski definition) is 1. The zero-order valence-corrected chi connectivity index (χ0v) is 14.5. The Hall–Kier alpha value is -3.19. The van der Waals surface area contributed by atoms with Crippen LogP contribution >= 0.6 is 11.6 Å². The summed E-state index contributed by atoms with van der Waals surface area (Å²) in [5.74, 6) is -0.931. The number of halogens is 1. The van der Waals surface area contributed by atoms with Gasteiger partial charge in [-0.15, -0.1) is 0 Å². The summed E-state index contributed by atoms with van der Waals surface area (Å²) in [6, 6.07) is 10.2. The van der Waals surface area contributed by atoms with Crippen molar-refractivity contribution in [3.8, 4) is 0 Å². The van der Waals surface area contributed by atoms with Gasteiger partial charge in [-0.05, 0) is 48.9 Å². The molecule has 0 heterocycles. The fourth-order valence-electron chi connectivity index (χ4n) is 2.01. The van der Waals surface area contributed by atoms with Gasteiger partial charge in [0, 0.05) is 18.2 Å². The Bertz CT molecular complexity index is 862. The van der Waals surface area contributed by atoms with Crippen molar-refractivity contribution in [3.63, 3.8) is 0 Å². The van der Waals surface area contributed by atoms with Crippen LogP contribution in [0.25, 0.3) is 6.08 Å². The number of nitro groups is 1. The van der Waals surface area contributed by atoms with Gasteiger partial charge in [0.15, 0.2) is 0 Å². The minimum absolute atomic E-state index is 0.0277. The van der Waals surface area contributed by atoms with Crippen LogP contribution in [0.4, 0.5) is 11.4 Å². The van der Waals surface area contributed by atoms with E-state index in [-0.39, 0.29) is 22.9 Å². The predicted molar refractivity (Wildman–Crippen MR) is 98.2 cm³/mol. The van der Waals surface area contributed by atoms with E-state index in [1.807, 2.05) is 0 Å². The summed E-state index contributed by atoms with van der Waals surface area (Å²) < 4.78 is 4.88. The minimum atomic E-state index is -0.498. The molecule has 7 nitrogen and oxygen atoms in total. The molecule has 0 aliphatic carbocycles. The normalized spacial score (nSPS) is 10.5. The van der Waals surface area contributed by atoms with Gasteiger partial charge >= 0.3 is 5.97 Å². The third-order valence-electron chi connectivity index (χ3n) is 3.27. The molecule has 0 aromatic heterocycles. The van der Waals surface area contributed by atoms with Crippen molar-refractivity contribution in [1.29, 1.82) is 0 Å². The summed E-state index contributed by atoms with van der Waals surface area (Å²) in [5, 5.41) is 13.4. The van der Waals surface area contributed by atoms with Gasteiger partial charge in [0.25, 0.3) is 5.69 Å². The topological polar surface area (TPSA) is 98.5 Å². The summed E-state index contributed by atoms with van der Waals surface area (Å²) in [6.45, 7) is 1.95. The molecule has 1 amide bonds. The van der Waals surface area contributed by atoms with Crippen LogP contribution in [-0.2, 0) is 9.53 Å². The molecule has 0 bridgehead atoms. The maximum atomic E-state index is 12.0. The smallest absolute Gasteiger partial charge is 0.338 e. The summed E-state index contributed by atoms with van der Waals surface area (Å²) in [7, 11) is 0. The Morgan fingerprint density at radius 2 is 1.92 bits per heavy atom. The Kier molecular flexibility index (Phi) is 6.46. The highest BCUT2D eigenvalue weighted by Crippen LogP contribution is 2.23. The molecule has 0 fully saturated rings. The average molecular weight is 375 g/mol. The first-order valence-corrected chi connectivity index (χ1v) is 7.98. The first kappa shape index (κ1) is 19.1. The second-order valence-electron chi connectivity index (χ2n) is 5.09. The second-order valence-corrected chi connectivity index (χ2v) is 5.49. The van der Waals surface area contributed by atoms with E-state index in [2.05, 4.69) is 5.32 Å². The molecule has 0 radical (unpaired) electrons. The number of non-ortho nitro benzene ring substituents is 1. The van der Waals surface area contributed by atoms with E-state index < -0.39 is 16.8 Å². The fourth-order valence-corrected chi connectivity index (χ4v) is 2.24. The Labute approximate surface area is 154 Å². The van der Waals surface area contributed by atoms with E-state index in [9.17, 15) is 19.7 Å². The number of carbonyl (C=O) groups excluding carboxylic acids is 2. The third-order valence-corrected chi connectivity index (χ3v) is 3.58. The van der Waals surface area contributed by atoms with E-state index in [0.717, 1.165) is 0 Å². The molecule has 0 saturated carbocycles. The Morgan fingerprint density at radius 1 is 1.23 bits per heavy atom. The largest absolute Gasteiger partial charge is 0.462 e. The molecule has 26 heavy (non-hydrogen) atoms. The molecule has 8 heteroatoms. The Balaban J connectivity index is 2.03. The average Bonchev–Trinajstić information content (AvgIpc) is 2.62. The predicted octanol–water partition coefficient (Wildman–Crippen LogP) is 4.08. The van der Waals surface area contributed by atoms with Gasteiger partial charge in [0.2, 0.25) is 5.91 Å². The molecule has 1 N–H and O–H groups in total. The molecular weight excluding hydrogens is 360 g/mol. The first-order valence-electron chi connectivity index (χ1n) is 7.61. The summed E-state index contributed by atoms with van der Waals surface area (Å²) in [6.07, 6.45) is 2.79. The zero-order valence-electron chi connectivity index (χ0n) is 13.8. The SMILES string of the molecule is CCOC(=O)c1ccc(NC(=O)/C=C/c2ccc([N+](=O)[O-])cc2)c(Cl)c1. The van der Waals surface area contributed by atoms with Crippen LogP contribution < -0.4 is 5.32 Å². The molecule has 0 aliphatic rings. The van der Waals surface area contributed by atoms with Gasteiger partial charge in [0.1, 0.15) is 0 Å². The number of anilines is 1. The number of rotatable bonds is 6. The van der Waals surface area contributed by atoms with Crippen LogP contribution in [0.5, 0.6) is 0 Å². The fraction of sp³-hybridized carbons (Fsp3) is 0.111. The van der Waals surface area contributed by atoms with E-state index in [1.165, 1.54) is 54.6 Å². The van der Waals surface area contributed by atoms with Crippen LogP contribution in [0.3, 0.4) is 0 Å². The van der Waals surface area contributed by atoms with E-state index in [1.54, 1.807) is 6.92 Å². The highest BCUT2D eigenvalue weighted by Gasteiger charge is 2.10. The number of ether oxygens (including phenoxy) is 1. The lowest BCUT2D eigenvalue weighted by Crippen LogP contribution is -2.09. The lowest BCUT2D eigenvalue weighted by molar-refractivity contribution is -0.384. The number of carbonyl (C=O) groups is 2. The van der Waals surface area contributed by atoms with E-state index in [4.69, 9.17) is 16.3 Å². The quantitative estimate of drug-likeness (QED) is 0.355. The maximum absolute atomic E-state index is 12.0. The molecule has 0 unspecified atom stereocenters. The van der Waals surface area contributed by atoms with Crippen molar-refractivity contribution in [3.05, 3.63) is 74.8 Å². The molecule has 0 atom stereocenters. The monoisotopic (exact) mass is 374 g/mol. The molecule has 0 saturated heterocycles. The Morgan fingerprint density at radius 3 is 2.50 bits per heavy atom. The van der Waals surface area contributed by atoms with Crippen LogP contribution in [0, 0.1) is 10.1 Å². The van der Waals surface area contributed by atoms with Crippen molar-refractivity contribution >= 4 is 40.9 Å². The van der Waals surface area contributed by atoms with E-state index >= 15 is 0 Å². The van der Waals surface area contributed by atoms with E-state index in [0.29, 0.717) is 11.3 Å². The lowest BCUT2D eigenvalue weighted by Gasteiger charge is -2.07. The number of esters is 1. The molecule has 2 rings (SSSR count). The molecule has 0 aliphatic heterocycles. The number of hydrogen-bond acceptors (Lipinski definition) is 5. The van der Waals surface area contributed by atoms with Crippen LogP contribution in [-0.4, -0.2) is 23.4 Å². The maximum Gasteiger partial charge on any atom is 0.338 e. The standard InChI is InChI=1S/C18H15ClN2O5/c1-2-26-18(23)13-6-9-16(15(19)11-13)20-17(22)10-5-12-3-7-14(8-4-12)21(24)25/h3-11H,2H2,1H3,(H,20,22)/b10-5+. The summed E-state index contributed by atoms with van der Waals surface area (Å²) in [4.78, 5) is 33.7. The van der Waals surface area contributed by atoms with Crippen molar-refractivity contribution in [2.24, 2.45) is 0 Å². The van der Waals surface area contributed by atoms with Gasteiger partial charge in [-0.3, -0.25) is 14.9 Å². The number of nitrogens with one attached hydrogen (secondary N) is 1. The van der Waals surface area contributed by atoms with Crippen LogP contribution in [0.15, 0.2) is 48.5 Å². The number of benzene rings is 2. The van der Waals surface area contributed by atoms with Crippen LogP contribution in [0.1, 0.15) is 22.8 Å². The highest BCUT2D eigenvalue weighted by molar-refractivity contribution is 6.34. The lowest BCUT2D eigenvalue weighted by atomic mass is 10.2. The second kappa shape index (κ2) is 8.77. The van der Waals surface area contributed by atoms with Crippen molar-refractivity contribution < 1.29 is 19.2 Å². The minimum Gasteiger partial charge on any atom is -0.462 e. The summed E-state index contributed by atoms with van der Waals surface area (Å²) >= 11 is 6.07. The number of nitrogens with zero attached hydrogens (tertiary/aromatic N) is 1. The molecule has 2 aromatic rings. The first-order chi connectivity index (χ1) is 12.4. The summed E-state index contributed by atoms with van der Waals surface area (Å²) in [5.41, 5.74) is 1.24. The van der Waals surface area contributed by atoms with Crippen molar-refractivity contribution in [1.82, 2.24) is 0 Å². The molecule has 2 aromatic carbocycles. The van der Waals surface area contributed by atoms with Gasteiger partial charge < -0.3 is 10.1 Å². The van der Waals surface area contributed by atoms with Gasteiger partial charge in [-0.25, -0.2) is 4.79 Å². The number of amides is 1. The third kappa shape index (κ3) is 5.15. The molecule has 134 valence electrons. The number of nitro benzene ring substituents is 1. The van der Waals surface area contributed by atoms with Crippen molar-refractivity contribution in [2.75, 3.05) is 11.9 Å². The van der Waals surface area contributed by atoms with Gasteiger partial charge in [-0.2, -0.15) is 0 Å². The zero-order chi connectivity index (χ0) is 19.1. The van der Waals surface area contributed by atoms with Crippen molar-refractivity contribution in [2.45, 2.75) is 6.92 Å². The molecular formula is C18H15ClN2O5.